The fourth-order valence-electron chi connectivity index (χ4n) is 2.12. The molecule has 2 rings (SSSR count). The van der Waals surface area contributed by atoms with Gasteiger partial charge in [0.15, 0.2) is 0 Å². The van der Waals surface area contributed by atoms with Crippen molar-refractivity contribution in [3.8, 4) is 5.75 Å². The van der Waals surface area contributed by atoms with Gasteiger partial charge < -0.3 is 5.11 Å². The molecule has 5 heteroatoms. The Labute approximate surface area is 102 Å². The molecule has 1 N–H and O–H groups in total. The van der Waals surface area contributed by atoms with Crippen molar-refractivity contribution in [2.24, 2.45) is 5.92 Å². The van der Waals surface area contributed by atoms with Crippen LogP contribution in [0, 0.1) is 5.92 Å². The Bertz CT molecular complexity index is 481. The summed E-state index contributed by atoms with van der Waals surface area (Å²) in [6.07, 6.45) is 1.95. The highest BCUT2D eigenvalue weighted by molar-refractivity contribution is 7.89. The Balaban J connectivity index is 2.22. The smallest absolute Gasteiger partial charge is 0.243 e. The standard InChI is InChI=1S/C12H17NO3S/c1-2-10-7-8-13(9-10)17(15,16)12-5-3-11(14)4-6-12/h3-6,10,14H,2,7-9H2,1H3. The molecule has 1 atom stereocenters. The molecule has 0 bridgehead atoms. The third kappa shape index (κ3) is 2.45. The Morgan fingerprint density at radius 1 is 1.35 bits per heavy atom. The van der Waals surface area contributed by atoms with E-state index in [-0.39, 0.29) is 10.6 Å². The zero-order valence-electron chi connectivity index (χ0n) is 9.83. The molecular formula is C12H17NO3S. The minimum absolute atomic E-state index is 0.0804. The van der Waals surface area contributed by atoms with Crippen molar-refractivity contribution < 1.29 is 13.5 Å². The van der Waals surface area contributed by atoms with Gasteiger partial charge in [-0.05, 0) is 36.6 Å². The largest absolute Gasteiger partial charge is 0.508 e. The van der Waals surface area contributed by atoms with Crippen molar-refractivity contribution in [3.63, 3.8) is 0 Å². The number of rotatable bonds is 3. The van der Waals surface area contributed by atoms with Crippen LogP contribution in [0.15, 0.2) is 29.2 Å². The van der Waals surface area contributed by atoms with E-state index in [2.05, 4.69) is 6.92 Å². The predicted octanol–water partition coefficient (Wildman–Crippen LogP) is 1.81. The Morgan fingerprint density at radius 3 is 2.53 bits per heavy atom. The molecule has 1 unspecified atom stereocenters. The van der Waals surface area contributed by atoms with Crippen molar-refractivity contribution in [2.45, 2.75) is 24.7 Å². The minimum atomic E-state index is -3.38. The first kappa shape index (κ1) is 12.4. The summed E-state index contributed by atoms with van der Waals surface area (Å²) < 4.78 is 26.0. The van der Waals surface area contributed by atoms with Gasteiger partial charge in [-0.2, -0.15) is 4.31 Å². The van der Waals surface area contributed by atoms with Crippen LogP contribution < -0.4 is 0 Å². The highest BCUT2D eigenvalue weighted by Gasteiger charge is 2.31. The highest BCUT2D eigenvalue weighted by Crippen LogP contribution is 2.26. The molecule has 1 heterocycles. The summed E-state index contributed by atoms with van der Waals surface area (Å²) in [6, 6.07) is 5.70. The average molecular weight is 255 g/mol. The zero-order valence-corrected chi connectivity index (χ0v) is 10.7. The fourth-order valence-corrected chi connectivity index (χ4v) is 3.65. The summed E-state index contributed by atoms with van der Waals surface area (Å²) >= 11 is 0. The maximum absolute atomic E-state index is 12.3. The van der Waals surface area contributed by atoms with Crippen LogP contribution in [0.2, 0.25) is 0 Å². The van der Waals surface area contributed by atoms with Crippen LogP contribution in [0.5, 0.6) is 5.75 Å². The van der Waals surface area contributed by atoms with Gasteiger partial charge in [-0.1, -0.05) is 13.3 Å². The number of sulfonamides is 1. The molecule has 1 fully saturated rings. The number of benzene rings is 1. The second-order valence-electron chi connectivity index (χ2n) is 4.42. The van der Waals surface area contributed by atoms with E-state index in [0.29, 0.717) is 19.0 Å². The lowest BCUT2D eigenvalue weighted by Gasteiger charge is -2.16. The lowest BCUT2D eigenvalue weighted by Crippen LogP contribution is -2.28. The van der Waals surface area contributed by atoms with E-state index in [4.69, 9.17) is 5.11 Å². The van der Waals surface area contributed by atoms with Gasteiger partial charge in [0.05, 0.1) is 4.90 Å². The van der Waals surface area contributed by atoms with E-state index in [1.165, 1.54) is 28.6 Å². The zero-order chi connectivity index (χ0) is 12.5. The van der Waals surface area contributed by atoms with E-state index in [0.717, 1.165) is 12.8 Å². The molecule has 0 aromatic heterocycles. The van der Waals surface area contributed by atoms with Gasteiger partial charge in [0.1, 0.15) is 5.75 Å². The van der Waals surface area contributed by atoms with Gasteiger partial charge in [-0.15, -0.1) is 0 Å². The van der Waals surface area contributed by atoms with E-state index in [9.17, 15) is 8.42 Å². The summed E-state index contributed by atoms with van der Waals surface area (Å²) in [5.74, 6) is 0.554. The summed E-state index contributed by atoms with van der Waals surface area (Å²) in [5.41, 5.74) is 0. The second-order valence-corrected chi connectivity index (χ2v) is 6.36. The first-order chi connectivity index (χ1) is 8.04. The fraction of sp³-hybridized carbons (Fsp3) is 0.500. The van der Waals surface area contributed by atoms with Crippen LogP contribution in [-0.4, -0.2) is 30.9 Å². The van der Waals surface area contributed by atoms with E-state index >= 15 is 0 Å². The van der Waals surface area contributed by atoms with E-state index in [1.54, 1.807) is 0 Å². The number of hydrogen-bond acceptors (Lipinski definition) is 3. The second kappa shape index (κ2) is 4.66. The summed E-state index contributed by atoms with van der Waals surface area (Å²) in [4.78, 5) is 0.257. The summed E-state index contributed by atoms with van der Waals surface area (Å²) in [5, 5.41) is 9.16. The number of nitrogens with zero attached hydrogens (tertiary/aromatic N) is 1. The van der Waals surface area contributed by atoms with Gasteiger partial charge in [0.25, 0.3) is 0 Å². The Hall–Kier alpha value is -1.07. The van der Waals surface area contributed by atoms with Crippen molar-refractivity contribution in [2.75, 3.05) is 13.1 Å². The van der Waals surface area contributed by atoms with Crippen LogP contribution in [0.1, 0.15) is 19.8 Å². The van der Waals surface area contributed by atoms with Crippen molar-refractivity contribution in [1.82, 2.24) is 4.31 Å². The first-order valence-electron chi connectivity index (χ1n) is 5.83. The van der Waals surface area contributed by atoms with E-state index in [1.807, 2.05) is 0 Å². The number of aromatic hydroxyl groups is 1. The number of phenolic OH excluding ortho intramolecular Hbond substituents is 1. The van der Waals surface area contributed by atoms with Crippen LogP contribution in [0.4, 0.5) is 0 Å². The topological polar surface area (TPSA) is 57.6 Å². The van der Waals surface area contributed by atoms with Gasteiger partial charge in [-0.25, -0.2) is 8.42 Å². The highest BCUT2D eigenvalue weighted by atomic mass is 32.2. The molecule has 1 aliphatic heterocycles. The predicted molar refractivity (Wildman–Crippen MR) is 65.3 cm³/mol. The van der Waals surface area contributed by atoms with Crippen LogP contribution in [0.3, 0.4) is 0 Å². The molecule has 94 valence electrons. The number of hydrogen-bond donors (Lipinski definition) is 1. The van der Waals surface area contributed by atoms with Gasteiger partial charge in [0.2, 0.25) is 10.0 Å². The number of phenols is 1. The van der Waals surface area contributed by atoms with Crippen LogP contribution in [-0.2, 0) is 10.0 Å². The van der Waals surface area contributed by atoms with Gasteiger partial charge in [0, 0.05) is 13.1 Å². The van der Waals surface area contributed by atoms with Crippen LogP contribution >= 0.6 is 0 Å². The summed E-state index contributed by atoms with van der Waals surface area (Å²) in [7, 11) is -3.38. The SMILES string of the molecule is CCC1CCN(S(=O)(=O)c2ccc(O)cc2)C1. The lowest BCUT2D eigenvalue weighted by atomic mass is 10.1. The third-order valence-corrected chi connectivity index (χ3v) is 5.18. The quantitative estimate of drug-likeness (QED) is 0.896. The van der Waals surface area contributed by atoms with Gasteiger partial charge >= 0.3 is 0 Å². The first-order valence-corrected chi connectivity index (χ1v) is 7.27. The molecule has 4 nitrogen and oxygen atoms in total. The lowest BCUT2D eigenvalue weighted by molar-refractivity contribution is 0.452. The molecule has 0 spiro atoms. The minimum Gasteiger partial charge on any atom is -0.508 e. The molecule has 0 aliphatic carbocycles. The maximum Gasteiger partial charge on any atom is 0.243 e. The Morgan fingerprint density at radius 2 is 2.00 bits per heavy atom. The molecule has 1 aliphatic rings. The monoisotopic (exact) mass is 255 g/mol. The van der Waals surface area contributed by atoms with Crippen molar-refractivity contribution in [1.29, 1.82) is 0 Å². The van der Waals surface area contributed by atoms with Crippen molar-refractivity contribution in [3.05, 3.63) is 24.3 Å². The molecule has 1 aromatic carbocycles. The molecular weight excluding hydrogens is 238 g/mol. The Kier molecular flexibility index (Phi) is 3.40. The molecule has 1 aromatic rings. The molecule has 1 saturated heterocycles. The van der Waals surface area contributed by atoms with E-state index < -0.39 is 10.0 Å². The molecule has 0 saturated carbocycles. The molecule has 0 radical (unpaired) electrons. The molecule has 17 heavy (non-hydrogen) atoms. The normalized spacial score (nSPS) is 21.8. The average Bonchev–Trinajstić information content (AvgIpc) is 2.78. The molecule has 0 amide bonds. The summed E-state index contributed by atoms with van der Waals surface area (Å²) in [6.45, 7) is 3.29. The van der Waals surface area contributed by atoms with Crippen molar-refractivity contribution >= 4 is 10.0 Å². The third-order valence-electron chi connectivity index (χ3n) is 3.30. The maximum atomic E-state index is 12.3. The van der Waals surface area contributed by atoms with Gasteiger partial charge in [-0.3, -0.25) is 0 Å². The van der Waals surface area contributed by atoms with Crippen LogP contribution in [0.25, 0.3) is 0 Å².